The molecule has 0 spiro atoms. The molecule has 0 aliphatic rings. The van der Waals surface area contributed by atoms with Crippen molar-refractivity contribution in [2.75, 3.05) is 11.9 Å². The maximum atomic E-state index is 13.0. The maximum Gasteiger partial charge on any atom is 0.348 e. The molecule has 0 radical (unpaired) electrons. The predicted molar refractivity (Wildman–Crippen MR) is 114 cm³/mol. The van der Waals surface area contributed by atoms with Crippen molar-refractivity contribution in [2.45, 2.75) is 34.2 Å². The average Bonchev–Trinajstić information content (AvgIpc) is 2.98. The number of carbonyl (C=O) groups is 2. The molecule has 0 fully saturated rings. The summed E-state index contributed by atoms with van der Waals surface area (Å²) in [7, 11) is 0. The van der Waals surface area contributed by atoms with E-state index in [4.69, 9.17) is 16.3 Å². The van der Waals surface area contributed by atoms with Gasteiger partial charge in [0.05, 0.1) is 12.0 Å². The first-order valence-corrected chi connectivity index (χ1v) is 10.2. The zero-order valence-corrected chi connectivity index (χ0v) is 18.0. The van der Waals surface area contributed by atoms with Crippen molar-refractivity contribution in [1.29, 1.82) is 0 Å². The van der Waals surface area contributed by atoms with Gasteiger partial charge in [0.1, 0.15) is 22.1 Å². The third-order valence-corrected chi connectivity index (χ3v) is 6.03. The second kappa shape index (κ2) is 8.34. The molecular weight excluding hydrogens is 414 g/mol. The largest absolute Gasteiger partial charge is 0.462 e. The van der Waals surface area contributed by atoms with Crippen molar-refractivity contribution in [1.82, 2.24) is 9.55 Å². The van der Waals surface area contributed by atoms with E-state index >= 15 is 0 Å². The summed E-state index contributed by atoms with van der Waals surface area (Å²) in [6, 6.07) is 5.19. The topological polar surface area (TPSA) is 90.3 Å². The molecule has 3 rings (SSSR count). The Bertz CT molecular complexity index is 1180. The van der Waals surface area contributed by atoms with Gasteiger partial charge in [-0.2, -0.15) is 0 Å². The number of rotatable bonds is 5. The molecule has 0 saturated heterocycles. The number of amides is 1. The number of ether oxygens (including phenoxy) is 1. The van der Waals surface area contributed by atoms with Gasteiger partial charge in [-0.15, -0.1) is 11.3 Å². The number of anilines is 1. The SMILES string of the molecule is CCOC(=O)c1sc2nc(C)n(CC(=O)Nc3ccc(C)c(Cl)c3)c(=O)c2c1C. The zero-order valence-electron chi connectivity index (χ0n) is 16.5. The van der Waals surface area contributed by atoms with E-state index in [9.17, 15) is 14.4 Å². The van der Waals surface area contributed by atoms with Crippen molar-refractivity contribution >= 4 is 50.7 Å². The molecule has 9 heteroatoms. The van der Waals surface area contributed by atoms with Crippen molar-refractivity contribution < 1.29 is 14.3 Å². The second-order valence-corrected chi connectivity index (χ2v) is 7.93. The quantitative estimate of drug-likeness (QED) is 0.617. The highest BCUT2D eigenvalue weighted by Crippen LogP contribution is 2.28. The van der Waals surface area contributed by atoms with E-state index in [2.05, 4.69) is 10.3 Å². The van der Waals surface area contributed by atoms with Gasteiger partial charge in [0.2, 0.25) is 5.91 Å². The lowest BCUT2D eigenvalue weighted by molar-refractivity contribution is -0.116. The number of nitrogens with one attached hydrogen (secondary N) is 1. The fourth-order valence-electron chi connectivity index (χ4n) is 2.91. The van der Waals surface area contributed by atoms with Gasteiger partial charge in [0.15, 0.2) is 0 Å². The van der Waals surface area contributed by atoms with Gasteiger partial charge < -0.3 is 10.1 Å². The van der Waals surface area contributed by atoms with Gasteiger partial charge in [-0.1, -0.05) is 17.7 Å². The van der Waals surface area contributed by atoms with Crippen LogP contribution in [0.25, 0.3) is 10.2 Å². The molecular formula is C20H20ClN3O4S. The summed E-state index contributed by atoms with van der Waals surface area (Å²) in [4.78, 5) is 42.9. The van der Waals surface area contributed by atoms with Gasteiger partial charge in [-0.3, -0.25) is 14.2 Å². The minimum absolute atomic E-state index is 0.205. The first kappa shape index (κ1) is 21.0. The molecule has 2 heterocycles. The molecule has 2 aromatic heterocycles. The highest BCUT2D eigenvalue weighted by Gasteiger charge is 2.22. The van der Waals surface area contributed by atoms with Crippen LogP contribution in [0.3, 0.4) is 0 Å². The van der Waals surface area contributed by atoms with Gasteiger partial charge in [-0.25, -0.2) is 9.78 Å². The average molecular weight is 434 g/mol. The van der Waals surface area contributed by atoms with Crippen LogP contribution < -0.4 is 10.9 Å². The molecule has 3 aromatic rings. The number of aromatic nitrogens is 2. The van der Waals surface area contributed by atoms with Gasteiger partial charge >= 0.3 is 5.97 Å². The van der Waals surface area contributed by atoms with Gasteiger partial charge in [-0.05, 0) is 51.0 Å². The molecule has 1 aromatic carbocycles. The third-order valence-electron chi connectivity index (χ3n) is 4.46. The first-order chi connectivity index (χ1) is 13.7. The minimum atomic E-state index is -0.481. The molecule has 0 bridgehead atoms. The number of benzene rings is 1. The lowest BCUT2D eigenvalue weighted by atomic mass is 10.2. The Hall–Kier alpha value is -2.71. The van der Waals surface area contributed by atoms with Crippen molar-refractivity contribution in [3.05, 3.63) is 55.4 Å². The normalized spacial score (nSPS) is 10.9. The highest BCUT2D eigenvalue weighted by atomic mass is 35.5. The number of fused-ring (bicyclic) bond motifs is 1. The fourth-order valence-corrected chi connectivity index (χ4v) is 4.20. The second-order valence-electron chi connectivity index (χ2n) is 6.52. The first-order valence-electron chi connectivity index (χ1n) is 8.96. The van der Waals surface area contributed by atoms with Crippen LogP contribution in [0, 0.1) is 20.8 Å². The Balaban J connectivity index is 1.94. The van der Waals surface area contributed by atoms with Crippen molar-refractivity contribution in [3.8, 4) is 0 Å². The van der Waals surface area contributed by atoms with E-state index in [1.807, 2.05) is 6.92 Å². The molecule has 1 amide bonds. The third kappa shape index (κ3) is 4.18. The van der Waals surface area contributed by atoms with Gasteiger partial charge in [0, 0.05) is 10.7 Å². The van der Waals surface area contributed by atoms with Crippen LogP contribution in [-0.4, -0.2) is 28.0 Å². The standard InChI is InChI=1S/C20H20ClN3O4S/c1-5-28-20(27)17-11(3)16-18(29-17)22-12(4)24(19(16)26)9-15(25)23-13-7-6-10(2)14(21)8-13/h6-8H,5,9H2,1-4H3,(H,23,25). The van der Waals surface area contributed by atoms with Gasteiger partial charge in [0.25, 0.3) is 5.56 Å². The Morgan fingerprint density at radius 3 is 2.66 bits per heavy atom. The van der Waals surface area contributed by atoms with Crippen LogP contribution in [0.2, 0.25) is 5.02 Å². The monoisotopic (exact) mass is 433 g/mol. The summed E-state index contributed by atoms with van der Waals surface area (Å²) < 4.78 is 6.34. The Kier molecular flexibility index (Phi) is 6.04. The molecule has 0 aliphatic heterocycles. The number of halogens is 1. The van der Waals surface area contributed by atoms with E-state index in [0.717, 1.165) is 16.9 Å². The highest BCUT2D eigenvalue weighted by molar-refractivity contribution is 7.20. The summed E-state index contributed by atoms with van der Waals surface area (Å²) in [5.74, 6) is -0.475. The van der Waals surface area contributed by atoms with E-state index in [1.54, 1.807) is 39.0 Å². The zero-order chi connectivity index (χ0) is 21.3. The minimum Gasteiger partial charge on any atom is -0.462 e. The van der Waals surface area contributed by atoms with Crippen LogP contribution in [0.4, 0.5) is 5.69 Å². The number of esters is 1. The van der Waals surface area contributed by atoms with Crippen LogP contribution in [0.5, 0.6) is 0 Å². The number of thiophene rings is 1. The fraction of sp³-hybridized carbons (Fsp3) is 0.300. The van der Waals surface area contributed by atoms with E-state index < -0.39 is 5.97 Å². The Morgan fingerprint density at radius 1 is 1.28 bits per heavy atom. The Labute approximate surface area is 176 Å². The lowest BCUT2D eigenvalue weighted by Crippen LogP contribution is -2.30. The number of hydrogen-bond acceptors (Lipinski definition) is 6. The van der Waals surface area contributed by atoms with Crippen LogP contribution in [-0.2, 0) is 16.1 Å². The molecule has 29 heavy (non-hydrogen) atoms. The molecule has 0 aliphatic carbocycles. The number of carbonyl (C=O) groups excluding carboxylic acids is 2. The summed E-state index contributed by atoms with van der Waals surface area (Å²) in [5, 5.41) is 3.60. The van der Waals surface area contributed by atoms with Crippen molar-refractivity contribution in [3.63, 3.8) is 0 Å². The summed E-state index contributed by atoms with van der Waals surface area (Å²) in [5.41, 5.74) is 1.59. The number of hydrogen-bond donors (Lipinski definition) is 1. The van der Waals surface area contributed by atoms with Crippen molar-refractivity contribution in [2.24, 2.45) is 0 Å². The maximum absolute atomic E-state index is 13.0. The smallest absolute Gasteiger partial charge is 0.348 e. The molecule has 0 atom stereocenters. The predicted octanol–water partition coefficient (Wildman–Crippen LogP) is 3.85. The van der Waals surface area contributed by atoms with Crippen LogP contribution in [0.1, 0.15) is 33.5 Å². The summed E-state index contributed by atoms with van der Waals surface area (Å²) in [6.07, 6.45) is 0. The van der Waals surface area contributed by atoms with E-state index in [1.165, 1.54) is 4.57 Å². The van der Waals surface area contributed by atoms with E-state index in [0.29, 0.717) is 37.2 Å². The van der Waals surface area contributed by atoms with Crippen LogP contribution in [0.15, 0.2) is 23.0 Å². The molecule has 0 unspecified atom stereocenters. The van der Waals surface area contributed by atoms with Crippen LogP contribution >= 0.6 is 22.9 Å². The summed E-state index contributed by atoms with van der Waals surface area (Å²) >= 11 is 7.21. The molecule has 152 valence electrons. The number of aryl methyl sites for hydroxylation is 3. The summed E-state index contributed by atoms with van der Waals surface area (Å²) in [6.45, 7) is 6.95. The molecule has 0 saturated carbocycles. The lowest BCUT2D eigenvalue weighted by Gasteiger charge is -2.11. The molecule has 7 nitrogen and oxygen atoms in total. The molecule has 1 N–H and O–H groups in total. The Morgan fingerprint density at radius 2 is 2.00 bits per heavy atom. The number of nitrogens with zero attached hydrogens (tertiary/aromatic N) is 2. The van der Waals surface area contributed by atoms with E-state index in [-0.39, 0.29) is 24.6 Å².